The Morgan fingerprint density at radius 2 is 2.21 bits per heavy atom. The lowest BCUT2D eigenvalue weighted by Crippen LogP contribution is -2.51. The minimum atomic E-state index is -0.339. The van der Waals surface area contributed by atoms with Crippen LogP contribution < -0.4 is 16.4 Å². The smallest absolute Gasteiger partial charge is 0.235 e. The first-order chi connectivity index (χ1) is 6.43. The van der Waals surface area contributed by atoms with E-state index in [0.717, 1.165) is 6.42 Å². The summed E-state index contributed by atoms with van der Waals surface area (Å²) in [6.45, 7) is 8.33. The number of primary amides is 1. The molecule has 0 aromatic heterocycles. The van der Waals surface area contributed by atoms with Crippen molar-refractivity contribution in [2.45, 2.75) is 31.8 Å². The van der Waals surface area contributed by atoms with Crippen LogP contribution in [0.1, 0.15) is 20.3 Å². The Labute approximate surface area is 85.9 Å². The third-order valence-electron chi connectivity index (χ3n) is 2.13. The predicted octanol–water partition coefficient (Wildman–Crippen LogP) is 0.00400. The van der Waals surface area contributed by atoms with Crippen LogP contribution in [0, 0.1) is 0 Å². The van der Waals surface area contributed by atoms with Crippen LogP contribution in [0.15, 0.2) is 12.7 Å². The number of nitrogens with two attached hydrogens (primary N) is 1. The second-order valence-electron chi connectivity index (χ2n) is 4.00. The highest BCUT2D eigenvalue weighted by Gasteiger charge is 2.19. The first-order valence-corrected chi connectivity index (χ1v) is 4.75. The Kier molecular flexibility index (Phi) is 5.42. The van der Waals surface area contributed by atoms with E-state index >= 15 is 0 Å². The second kappa shape index (κ2) is 5.78. The molecule has 0 aliphatic heterocycles. The maximum atomic E-state index is 10.9. The molecule has 82 valence electrons. The minimum Gasteiger partial charge on any atom is -0.368 e. The van der Waals surface area contributed by atoms with Gasteiger partial charge in [0.1, 0.15) is 0 Å². The molecule has 4 nitrogen and oxygen atoms in total. The number of hydrogen-bond donors (Lipinski definition) is 3. The van der Waals surface area contributed by atoms with Crippen molar-refractivity contribution in [2.24, 2.45) is 5.73 Å². The van der Waals surface area contributed by atoms with Crippen molar-refractivity contribution < 1.29 is 4.79 Å². The van der Waals surface area contributed by atoms with Gasteiger partial charge in [0, 0.05) is 12.1 Å². The van der Waals surface area contributed by atoms with Gasteiger partial charge in [-0.1, -0.05) is 6.08 Å². The number of nitrogens with one attached hydrogen (secondary N) is 2. The van der Waals surface area contributed by atoms with Gasteiger partial charge in [0.25, 0.3) is 0 Å². The molecule has 0 rings (SSSR count). The summed E-state index contributed by atoms with van der Waals surface area (Å²) in [7, 11) is 1.72. The first kappa shape index (κ1) is 13.1. The highest BCUT2D eigenvalue weighted by Crippen LogP contribution is 2.07. The van der Waals surface area contributed by atoms with Crippen molar-refractivity contribution in [1.82, 2.24) is 10.6 Å². The molecular weight excluding hydrogens is 178 g/mol. The van der Waals surface area contributed by atoms with Gasteiger partial charge in [-0.2, -0.15) is 0 Å². The molecule has 0 saturated carbocycles. The molecule has 0 aliphatic rings. The van der Waals surface area contributed by atoms with Gasteiger partial charge in [-0.05, 0) is 27.3 Å². The number of carbonyl (C=O) groups is 1. The van der Waals surface area contributed by atoms with Gasteiger partial charge in [-0.25, -0.2) is 0 Å². The van der Waals surface area contributed by atoms with Crippen LogP contribution in [-0.2, 0) is 4.79 Å². The Balaban J connectivity index is 4.01. The maximum Gasteiger partial charge on any atom is 0.235 e. The van der Waals surface area contributed by atoms with Gasteiger partial charge in [0.15, 0.2) is 0 Å². The predicted molar refractivity (Wildman–Crippen MR) is 58.9 cm³/mol. The molecule has 0 aromatic carbocycles. The van der Waals surface area contributed by atoms with Crippen LogP contribution in [0.3, 0.4) is 0 Å². The fourth-order valence-corrected chi connectivity index (χ4v) is 1.16. The van der Waals surface area contributed by atoms with E-state index in [9.17, 15) is 4.79 Å². The van der Waals surface area contributed by atoms with Crippen LogP contribution in [0.5, 0.6) is 0 Å². The first-order valence-electron chi connectivity index (χ1n) is 4.75. The van der Waals surface area contributed by atoms with Gasteiger partial charge in [-0.3, -0.25) is 4.79 Å². The van der Waals surface area contributed by atoms with Gasteiger partial charge < -0.3 is 16.4 Å². The summed E-state index contributed by atoms with van der Waals surface area (Å²) in [6, 6.07) is -0.320. The molecule has 1 unspecified atom stereocenters. The largest absolute Gasteiger partial charge is 0.368 e. The van der Waals surface area contributed by atoms with E-state index in [2.05, 4.69) is 31.1 Å². The molecule has 0 radical (unpaired) electrons. The molecular formula is C10H21N3O. The van der Waals surface area contributed by atoms with Crippen molar-refractivity contribution in [1.29, 1.82) is 0 Å². The molecule has 1 atom stereocenters. The number of hydrogen-bond acceptors (Lipinski definition) is 3. The Bertz CT molecular complexity index is 202. The molecule has 14 heavy (non-hydrogen) atoms. The van der Waals surface area contributed by atoms with Crippen LogP contribution in [0.4, 0.5) is 0 Å². The van der Waals surface area contributed by atoms with Crippen LogP contribution in [0.2, 0.25) is 0 Å². The molecule has 0 fully saturated rings. The zero-order valence-electron chi connectivity index (χ0n) is 9.26. The Morgan fingerprint density at radius 1 is 1.64 bits per heavy atom. The van der Waals surface area contributed by atoms with E-state index in [1.807, 2.05) is 6.08 Å². The summed E-state index contributed by atoms with van der Waals surface area (Å²) in [6.07, 6.45) is 2.70. The Hall–Kier alpha value is -0.870. The van der Waals surface area contributed by atoms with Gasteiger partial charge >= 0.3 is 0 Å². The zero-order chi connectivity index (χ0) is 11.2. The second-order valence-corrected chi connectivity index (χ2v) is 4.00. The highest BCUT2D eigenvalue weighted by atomic mass is 16.1. The topological polar surface area (TPSA) is 67.2 Å². The van der Waals surface area contributed by atoms with E-state index in [-0.39, 0.29) is 17.5 Å². The van der Waals surface area contributed by atoms with Crippen molar-refractivity contribution in [2.75, 3.05) is 13.6 Å². The summed E-state index contributed by atoms with van der Waals surface area (Å²) in [5.74, 6) is -0.339. The SMILES string of the molecule is C=CCC(C)(C)NCC(NC)C(N)=O. The monoisotopic (exact) mass is 199 g/mol. The standard InChI is InChI=1S/C10H21N3O/c1-5-6-10(2,3)13-7-8(12-4)9(11)14/h5,8,12-13H,1,6-7H2,2-4H3,(H2,11,14). The molecule has 1 amide bonds. The normalized spacial score (nSPS) is 13.6. The molecule has 0 bridgehead atoms. The lowest BCUT2D eigenvalue weighted by molar-refractivity contribution is -0.119. The summed E-state index contributed by atoms with van der Waals surface area (Å²) in [5, 5.41) is 6.11. The summed E-state index contributed by atoms with van der Waals surface area (Å²) in [5.41, 5.74) is 5.14. The third kappa shape index (κ3) is 4.99. The van der Waals surface area contributed by atoms with E-state index in [1.165, 1.54) is 0 Å². The van der Waals surface area contributed by atoms with Gasteiger partial charge in [-0.15, -0.1) is 6.58 Å². The van der Waals surface area contributed by atoms with Gasteiger partial charge in [0.05, 0.1) is 6.04 Å². The van der Waals surface area contributed by atoms with Crippen LogP contribution >= 0.6 is 0 Å². The fourth-order valence-electron chi connectivity index (χ4n) is 1.16. The molecule has 4 heteroatoms. The van der Waals surface area contributed by atoms with Gasteiger partial charge in [0.2, 0.25) is 5.91 Å². The van der Waals surface area contributed by atoms with E-state index in [4.69, 9.17) is 5.73 Å². The van der Waals surface area contributed by atoms with E-state index < -0.39 is 0 Å². The lowest BCUT2D eigenvalue weighted by atomic mass is 10.0. The van der Waals surface area contributed by atoms with Crippen molar-refractivity contribution in [3.05, 3.63) is 12.7 Å². The summed E-state index contributed by atoms with van der Waals surface area (Å²) >= 11 is 0. The number of likely N-dealkylation sites (N-methyl/N-ethyl adjacent to an activating group) is 1. The molecule has 0 heterocycles. The number of rotatable bonds is 7. The van der Waals surface area contributed by atoms with Crippen molar-refractivity contribution >= 4 is 5.91 Å². The molecule has 0 aromatic rings. The minimum absolute atomic E-state index is 0.0493. The molecule has 0 spiro atoms. The maximum absolute atomic E-state index is 10.9. The summed E-state index contributed by atoms with van der Waals surface area (Å²) in [4.78, 5) is 10.9. The van der Waals surface area contributed by atoms with Crippen molar-refractivity contribution in [3.8, 4) is 0 Å². The summed E-state index contributed by atoms with van der Waals surface area (Å²) < 4.78 is 0. The third-order valence-corrected chi connectivity index (χ3v) is 2.13. The highest BCUT2D eigenvalue weighted by molar-refractivity contribution is 5.80. The fraction of sp³-hybridized carbons (Fsp3) is 0.700. The average molecular weight is 199 g/mol. The van der Waals surface area contributed by atoms with E-state index in [0.29, 0.717) is 6.54 Å². The average Bonchev–Trinajstić information content (AvgIpc) is 2.04. The molecule has 0 aliphatic carbocycles. The zero-order valence-corrected chi connectivity index (χ0v) is 9.26. The number of carbonyl (C=O) groups excluding carboxylic acids is 1. The Morgan fingerprint density at radius 3 is 2.57 bits per heavy atom. The van der Waals surface area contributed by atoms with Crippen molar-refractivity contribution in [3.63, 3.8) is 0 Å². The van der Waals surface area contributed by atoms with E-state index in [1.54, 1.807) is 7.05 Å². The molecule has 0 saturated heterocycles. The number of amides is 1. The van der Waals surface area contributed by atoms with Crippen LogP contribution in [0.25, 0.3) is 0 Å². The lowest BCUT2D eigenvalue weighted by Gasteiger charge is -2.27. The molecule has 4 N–H and O–H groups in total. The quantitative estimate of drug-likeness (QED) is 0.506. The van der Waals surface area contributed by atoms with Crippen LogP contribution in [-0.4, -0.2) is 31.1 Å².